The molecule has 0 saturated carbocycles. The first kappa shape index (κ1) is 39.5. The summed E-state index contributed by atoms with van der Waals surface area (Å²) in [6, 6.07) is 30.3. The topological polar surface area (TPSA) is 156 Å². The quantitative estimate of drug-likeness (QED) is 0.0819. The van der Waals surface area contributed by atoms with Crippen LogP contribution in [0.15, 0.2) is 108 Å². The van der Waals surface area contributed by atoms with Gasteiger partial charge in [0.15, 0.2) is 0 Å². The third-order valence-electron chi connectivity index (χ3n) is 11.1. The summed E-state index contributed by atoms with van der Waals surface area (Å²) in [5, 5.41) is 28.0. The number of nitrogens with one attached hydrogen (secondary N) is 3. The number of carbonyl (C=O) groups excluding carboxylic acids is 2. The van der Waals surface area contributed by atoms with Gasteiger partial charge in [0.2, 0.25) is 5.56 Å². The number of nitrogens with zero attached hydrogens (tertiary/aromatic N) is 2. The van der Waals surface area contributed by atoms with Crippen LogP contribution in [0.25, 0.3) is 10.9 Å². The van der Waals surface area contributed by atoms with Gasteiger partial charge in [-0.25, -0.2) is 4.79 Å². The van der Waals surface area contributed by atoms with Crippen LogP contribution in [0.3, 0.4) is 0 Å². The second-order valence-electron chi connectivity index (χ2n) is 15.2. The standard InChI is InChI=1S/C45H51N5O7/c1-29(2)50(25-22-46-26-38(52)34-16-18-37(51)43-35(34)17-19-41(53)47-43)44(54)33-14-12-30(13-15-33)28-56-39-11-7-6-10-36(39)42(32-8-4-3-5-9-32)48-45(55)57-40-27-49-23-20-31(40)21-24-49/h3-19,29,31,38,40,42,46,51-52H,20-28H2,1-2H3,(H,47,53)(H,48,55)/t38-,40-,42?/m0/s1. The van der Waals surface area contributed by atoms with Gasteiger partial charge in [0.05, 0.1) is 17.7 Å². The van der Waals surface area contributed by atoms with Gasteiger partial charge in [0, 0.05) is 54.8 Å². The lowest BCUT2D eigenvalue weighted by Gasteiger charge is -2.43. The Morgan fingerprint density at radius 2 is 1.65 bits per heavy atom. The van der Waals surface area contributed by atoms with Crippen LogP contribution in [0.5, 0.6) is 11.5 Å². The Hall–Kier alpha value is -5.69. The maximum Gasteiger partial charge on any atom is 0.408 e. The van der Waals surface area contributed by atoms with Gasteiger partial charge in [-0.15, -0.1) is 0 Å². The summed E-state index contributed by atoms with van der Waals surface area (Å²) in [5.41, 5.74) is 3.66. The molecule has 0 spiro atoms. The van der Waals surface area contributed by atoms with Crippen LogP contribution in [-0.2, 0) is 11.3 Å². The highest BCUT2D eigenvalue weighted by molar-refractivity contribution is 5.94. The third-order valence-corrected chi connectivity index (χ3v) is 11.1. The second-order valence-corrected chi connectivity index (χ2v) is 15.2. The number of hydrogen-bond donors (Lipinski definition) is 5. The van der Waals surface area contributed by atoms with Gasteiger partial charge in [0.1, 0.15) is 24.2 Å². The van der Waals surface area contributed by atoms with Gasteiger partial charge in [0.25, 0.3) is 5.91 Å². The number of ether oxygens (including phenoxy) is 2. The zero-order valence-corrected chi connectivity index (χ0v) is 32.4. The number of hydrogen-bond acceptors (Lipinski definition) is 9. The highest BCUT2D eigenvalue weighted by Crippen LogP contribution is 2.33. The molecule has 12 nitrogen and oxygen atoms in total. The van der Waals surface area contributed by atoms with Crippen LogP contribution in [-0.4, -0.2) is 88.4 Å². The number of pyridine rings is 1. The van der Waals surface area contributed by atoms with Crippen LogP contribution < -0.4 is 20.9 Å². The molecule has 0 radical (unpaired) electrons. The number of H-pyrrole nitrogens is 1. The normalized spacial score (nSPS) is 18.6. The van der Waals surface area contributed by atoms with E-state index in [0.717, 1.165) is 49.2 Å². The minimum atomic E-state index is -0.902. The fourth-order valence-electron chi connectivity index (χ4n) is 7.93. The first-order valence-corrected chi connectivity index (χ1v) is 19.7. The molecule has 2 amide bonds. The van der Waals surface area contributed by atoms with E-state index in [1.54, 1.807) is 29.2 Å². The molecule has 3 saturated heterocycles. The lowest BCUT2D eigenvalue weighted by Crippen LogP contribution is -2.52. The summed E-state index contributed by atoms with van der Waals surface area (Å²) in [6.07, 6.45) is 0.659. The van der Waals surface area contributed by atoms with Crippen LogP contribution in [0.1, 0.15) is 71.4 Å². The van der Waals surface area contributed by atoms with Crippen molar-refractivity contribution in [3.63, 3.8) is 0 Å². The number of aromatic nitrogens is 1. The number of para-hydroxylation sites is 1. The lowest BCUT2D eigenvalue weighted by molar-refractivity contribution is -0.0336. The average Bonchev–Trinajstić information content (AvgIpc) is 3.23. The summed E-state index contributed by atoms with van der Waals surface area (Å²) >= 11 is 0. The van der Waals surface area contributed by atoms with E-state index >= 15 is 0 Å². The lowest BCUT2D eigenvalue weighted by atomic mass is 9.86. The van der Waals surface area contributed by atoms with E-state index < -0.39 is 18.2 Å². The number of aromatic hydroxyl groups is 1. The Bertz CT molecular complexity index is 2200. The number of aliphatic hydroxyl groups is 1. The molecule has 4 aromatic carbocycles. The molecule has 1 aromatic heterocycles. The Morgan fingerprint density at radius 1 is 0.912 bits per heavy atom. The van der Waals surface area contributed by atoms with Crippen molar-refractivity contribution in [1.82, 2.24) is 25.4 Å². The van der Waals surface area contributed by atoms with Crippen molar-refractivity contribution in [3.8, 4) is 11.5 Å². The molecule has 3 atom stereocenters. The van der Waals surface area contributed by atoms with Gasteiger partial charge in [-0.3, -0.25) is 14.5 Å². The largest absolute Gasteiger partial charge is 0.506 e. The van der Waals surface area contributed by atoms with Crippen molar-refractivity contribution >= 4 is 22.9 Å². The summed E-state index contributed by atoms with van der Waals surface area (Å²) in [6.45, 7) is 8.16. The van der Waals surface area contributed by atoms with Crippen molar-refractivity contribution in [2.75, 3.05) is 39.3 Å². The zero-order valence-electron chi connectivity index (χ0n) is 32.4. The monoisotopic (exact) mass is 773 g/mol. The highest BCUT2D eigenvalue weighted by Gasteiger charge is 2.37. The van der Waals surface area contributed by atoms with Crippen LogP contribution in [0.2, 0.25) is 0 Å². The molecule has 57 heavy (non-hydrogen) atoms. The maximum atomic E-state index is 13.7. The van der Waals surface area contributed by atoms with Crippen molar-refractivity contribution < 1.29 is 29.3 Å². The van der Waals surface area contributed by atoms with Crippen molar-refractivity contribution in [1.29, 1.82) is 0 Å². The molecule has 12 heteroatoms. The summed E-state index contributed by atoms with van der Waals surface area (Å²) in [7, 11) is 0. The number of benzene rings is 4. The van der Waals surface area contributed by atoms with Gasteiger partial charge < -0.3 is 40.2 Å². The van der Waals surface area contributed by atoms with E-state index in [1.165, 1.54) is 12.1 Å². The number of fused-ring (bicyclic) bond motifs is 4. The van der Waals surface area contributed by atoms with Crippen LogP contribution in [0.4, 0.5) is 4.79 Å². The van der Waals surface area contributed by atoms with Gasteiger partial charge in [-0.2, -0.15) is 0 Å². The van der Waals surface area contributed by atoms with E-state index in [0.29, 0.717) is 41.3 Å². The van der Waals surface area contributed by atoms with E-state index in [-0.39, 0.29) is 48.0 Å². The summed E-state index contributed by atoms with van der Waals surface area (Å²) < 4.78 is 12.4. The van der Waals surface area contributed by atoms with E-state index in [9.17, 15) is 24.6 Å². The Labute approximate surface area is 332 Å². The Kier molecular flexibility index (Phi) is 12.5. The predicted octanol–water partition coefficient (Wildman–Crippen LogP) is 5.90. The Balaban J connectivity index is 0.954. The number of aliphatic hydroxyl groups excluding tert-OH is 1. The minimum Gasteiger partial charge on any atom is -0.506 e. The number of amides is 2. The van der Waals surface area contributed by atoms with E-state index in [1.807, 2.05) is 80.6 Å². The fourth-order valence-corrected chi connectivity index (χ4v) is 7.93. The average molecular weight is 774 g/mol. The Morgan fingerprint density at radius 3 is 2.37 bits per heavy atom. The number of phenolic OH excluding ortho intramolecular Hbond substituents is 1. The second kappa shape index (κ2) is 18.1. The molecule has 0 aliphatic carbocycles. The van der Waals surface area contributed by atoms with Crippen LogP contribution >= 0.6 is 0 Å². The smallest absolute Gasteiger partial charge is 0.408 e. The number of alkyl carbamates (subject to hydrolysis) is 1. The predicted molar refractivity (Wildman–Crippen MR) is 218 cm³/mol. The molecule has 1 unspecified atom stereocenters. The van der Waals surface area contributed by atoms with E-state index in [2.05, 4.69) is 20.5 Å². The van der Waals surface area contributed by atoms with Crippen LogP contribution in [0, 0.1) is 5.92 Å². The number of aromatic amines is 1. The molecule has 5 N–H and O–H groups in total. The molecule has 5 aromatic rings. The molecular formula is C45H51N5O7. The van der Waals surface area contributed by atoms with E-state index in [4.69, 9.17) is 9.47 Å². The SMILES string of the molecule is CC(C)N(CCNC[C@H](O)c1ccc(O)c2[nH]c(=O)ccc12)C(=O)c1ccc(COc2ccccc2C(NC(=O)O[C@H]2CN3CCC2CC3)c2ccccc2)cc1. The summed E-state index contributed by atoms with van der Waals surface area (Å²) in [5.74, 6) is 0.857. The fraction of sp³-hybridized carbons (Fsp3) is 0.356. The molecule has 3 aliphatic heterocycles. The van der Waals surface area contributed by atoms with Gasteiger partial charge in [-0.1, -0.05) is 66.7 Å². The molecule has 2 bridgehead atoms. The number of phenols is 1. The van der Waals surface area contributed by atoms with Crippen molar-refractivity contribution in [2.24, 2.45) is 5.92 Å². The maximum absolute atomic E-state index is 13.7. The first-order chi connectivity index (χ1) is 27.6. The number of piperidine rings is 3. The third kappa shape index (κ3) is 9.48. The number of carbonyl (C=O) groups is 2. The summed E-state index contributed by atoms with van der Waals surface area (Å²) in [4.78, 5) is 45.6. The molecular weight excluding hydrogens is 723 g/mol. The molecule has 4 heterocycles. The highest BCUT2D eigenvalue weighted by atomic mass is 16.6. The van der Waals surface area contributed by atoms with Crippen molar-refractivity contribution in [2.45, 2.75) is 57.6 Å². The molecule has 3 aliphatic rings. The van der Waals surface area contributed by atoms with Crippen molar-refractivity contribution in [3.05, 3.63) is 141 Å². The zero-order chi connectivity index (χ0) is 39.9. The first-order valence-electron chi connectivity index (χ1n) is 19.7. The minimum absolute atomic E-state index is 0.0665. The van der Waals surface area contributed by atoms with Gasteiger partial charge >= 0.3 is 6.09 Å². The molecule has 8 rings (SSSR count). The number of rotatable bonds is 15. The van der Waals surface area contributed by atoms with Gasteiger partial charge in [-0.05, 0) is 92.7 Å². The molecule has 3 fully saturated rings. The molecule has 298 valence electrons.